The molecule has 0 saturated heterocycles. The molecule has 0 aliphatic rings. The molecule has 0 spiro atoms. The zero-order valence-corrected chi connectivity index (χ0v) is 32.4. The Labute approximate surface area is 290 Å². The van der Waals surface area contributed by atoms with Gasteiger partial charge < -0.3 is 27.9 Å². The lowest BCUT2D eigenvalue weighted by Gasteiger charge is -2.28. The highest BCUT2D eigenvalue weighted by molar-refractivity contribution is 7.45. The van der Waals surface area contributed by atoms with Crippen LogP contribution in [-0.4, -0.2) is 64.1 Å². The van der Waals surface area contributed by atoms with Crippen LogP contribution in [0.4, 0.5) is 0 Å². The predicted molar refractivity (Wildman–Crippen MR) is 194 cm³/mol. The third kappa shape index (κ3) is 36.2. The van der Waals surface area contributed by atoms with Crippen LogP contribution < -0.4 is 4.89 Å². The first kappa shape index (κ1) is 46.1. The molecule has 0 aromatic carbocycles. The van der Waals surface area contributed by atoms with Crippen LogP contribution in [0.2, 0.25) is 0 Å². The van der Waals surface area contributed by atoms with E-state index in [0.717, 1.165) is 32.1 Å². The van der Waals surface area contributed by atoms with E-state index in [1.165, 1.54) is 122 Å². The fraction of sp³-hybridized carbons (Fsp3) is 0.921. The third-order valence-corrected chi connectivity index (χ3v) is 9.38. The Morgan fingerprint density at radius 1 is 0.660 bits per heavy atom. The minimum Gasteiger partial charge on any atom is -0.756 e. The maximum Gasteiger partial charge on any atom is 0.306 e. The van der Waals surface area contributed by atoms with Crippen LogP contribution in [0.5, 0.6) is 0 Å². The summed E-state index contributed by atoms with van der Waals surface area (Å²) in [5, 5.41) is 0. The number of ether oxygens (including phenoxy) is 2. The summed E-state index contributed by atoms with van der Waals surface area (Å²) >= 11 is 0. The zero-order valence-electron chi connectivity index (χ0n) is 31.5. The van der Waals surface area contributed by atoms with Gasteiger partial charge in [-0.1, -0.05) is 149 Å². The fourth-order valence-electron chi connectivity index (χ4n) is 5.33. The average Bonchev–Trinajstić information content (AvgIpc) is 3.01. The van der Waals surface area contributed by atoms with Gasteiger partial charge in [-0.05, 0) is 25.3 Å². The molecule has 47 heavy (non-hydrogen) atoms. The summed E-state index contributed by atoms with van der Waals surface area (Å²) in [6, 6.07) is 0. The van der Waals surface area contributed by atoms with Crippen molar-refractivity contribution in [3.63, 3.8) is 0 Å². The number of esters is 1. The molecule has 0 bridgehead atoms. The summed E-state index contributed by atoms with van der Waals surface area (Å²) in [5.41, 5.74) is 0. The van der Waals surface area contributed by atoms with Crippen LogP contribution in [-0.2, 0) is 27.9 Å². The normalized spacial score (nSPS) is 14.0. The monoisotopic (exact) mass is 690 g/mol. The van der Waals surface area contributed by atoms with Gasteiger partial charge in [0.05, 0.1) is 34.0 Å². The number of phosphoric acid groups is 1. The van der Waals surface area contributed by atoms with Gasteiger partial charge in [0.1, 0.15) is 19.8 Å². The summed E-state index contributed by atoms with van der Waals surface area (Å²) in [6.07, 6.45) is 33.3. The van der Waals surface area contributed by atoms with Gasteiger partial charge in [-0.25, -0.2) is 0 Å². The average molecular weight is 690 g/mol. The highest BCUT2D eigenvalue weighted by atomic mass is 31.2. The molecule has 0 rings (SSSR count). The van der Waals surface area contributed by atoms with E-state index >= 15 is 0 Å². The molecule has 0 N–H and O–H groups in total. The van der Waals surface area contributed by atoms with Gasteiger partial charge in [0, 0.05) is 6.42 Å². The number of hydrogen-bond acceptors (Lipinski definition) is 7. The molecule has 8 nitrogen and oxygen atoms in total. The number of allylic oxidation sites excluding steroid dienone is 1. The molecule has 2 atom stereocenters. The van der Waals surface area contributed by atoms with Crippen molar-refractivity contribution in [3.8, 4) is 0 Å². The maximum atomic E-state index is 12.5. The lowest BCUT2D eigenvalue weighted by atomic mass is 10.0. The molecule has 0 radical (unpaired) electrons. The lowest BCUT2D eigenvalue weighted by Crippen LogP contribution is -2.37. The summed E-state index contributed by atoms with van der Waals surface area (Å²) in [5.74, 6) is -0.361. The quantitative estimate of drug-likeness (QED) is 0.0212. The molecule has 9 heteroatoms. The van der Waals surface area contributed by atoms with E-state index < -0.39 is 13.9 Å². The second-order valence-corrected chi connectivity index (χ2v) is 15.8. The van der Waals surface area contributed by atoms with Gasteiger partial charge in [0.25, 0.3) is 7.82 Å². The van der Waals surface area contributed by atoms with E-state index in [1.54, 1.807) is 6.26 Å². The number of hydrogen-bond donors (Lipinski definition) is 0. The molecule has 1 unspecified atom stereocenters. The minimum absolute atomic E-state index is 0.0194. The molecular weight excluding hydrogens is 613 g/mol. The summed E-state index contributed by atoms with van der Waals surface area (Å²) in [6.45, 7) is 4.70. The molecule has 0 aromatic rings. The van der Waals surface area contributed by atoms with E-state index in [0.29, 0.717) is 17.4 Å². The van der Waals surface area contributed by atoms with Crippen molar-refractivity contribution in [2.45, 2.75) is 180 Å². The van der Waals surface area contributed by atoms with Crippen LogP contribution >= 0.6 is 7.82 Å². The molecule has 0 aliphatic carbocycles. The Balaban J connectivity index is 4.18. The molecular formula is C38H76NO7P. The first-order valence-corrected chi connectivity index (χ1v) is 20.9. The first-order chi connectivity index (χ1) is 22.6. The van der Waals surface area contributed by atoms with Gasteiger partial charge in [-0.3, -0.25) is 9.36 Å². The molecule has 0 aliphatic heterocycles. The van der Waals surface area contributed by atoms with Crippen molar-refractivity contribution in [1.29, 1.82) is 0 Å². The number of unbranched alkanes of at least 4 members (excludes halogenated alkanes) is 22. The van der Waals surface area contributed by atoms with Crippen molar-refractivity contribution in [1.82, 2.24) is 0 Å². The number of quaternary nitrogens is 1. The van der Waals surface area contributed by atoms with Crippen molar-refractivity contribution in [2.75, 3.05) is 47.5 Å². The summed E-state index contributed by atoms with van der Waals surface area (Å²) < 4.78 is 34.1. The van der Waals surface area contributed by atoms with E-state index in [-0.39, 0.29) is 25.8 Å². The Bertz CT molecular complexity index is 772. The second-order valence-electron chi connectivity index (χ2n) is 14.4. The van der Waals surface area contributed by atoms with Gasteiger partial charge in [-0.2, -0.15) is 0 Å². The number of carbonyl (C=O) groups excluding carboxylic acids is 1. The molecule has 0 aromatic heterocycles. The number of phosphoric ester groups is 1. The van der Waals surface area contributed by atoms with Gasteiger partial charge in [0.15, 0.2) is 6.10 Å². The standard InChI is InChI=1S/C38H76NO7P/c1-6-8-10-12-14-15-16-17-18-19-20-21-22-23-24-26-28-30-33-43-35-37(36-45-47(41,42)44-34-32-39(3,4)5)46-38(40)31-29-27-25-13-11-9-7-2/h30,33,37H,6-29,31-32,34-36H2,1-5H3/b33-30+/t37-/m0/s1. The molecule has 0 amide bonds. The Morgan fingerprint density at radius 2 is 1.11 bits per heavy atom. The molecule has 0 saturated carbocycles. The van der Waals surface area contributed by atoms with E-state index in [2.05, 4.69) is 13.8 Å². The van der Waals surface area contributed by atoms with Crippen LogP contribution in [0, 0.1) is 0 Å². The molecule has 0 heterocycles. The van der Waals surface area contributed by atoms with E-state index in [4.69, 9.17) is 18.5 Å². The Morgan fingerprint density at radius 3 is 1.57 bits per heavy atom. The fourth-order valence-corrected chi connectivity index (χ4v) is 6.06. The van der Waals surface area contributed by atoms with Crippen LogP contribution in [0.3, 0.4) is 0 Å². The predicted octanol–water partition coefficient (Wildman–Crippen LogP) is 10.4. The van der Waals surface area contributed by atoms with Crippen LogP contribution in [0.1, 0.15) is 174 Å². The summed E-state index contributed by atoms with van der Waals surface area (Å²) in [7, 11) is 1.33. The van der Waals surface area contributed by atoms with Crippen molar-refractivity contribution in [3.05, 3.63) is 12.3 Å². The third-order valence-electron chi connectivity index (χ3n) is 8.41. The summed E-state index contributed by atoms with van der Waals surface area (Å²) in [4.78, 5) is 24.7. The largest absolute Gasteiger partial charge is 0.756 e. The molecule has 0 fully saturated rings. The SMILES string of the molecule is CCCCCCCCCCCCCCCCCC/C=C/OC[C@@H](COP(=O)([O-])OCC[N+](C)(C)C)OC(=O)CCCCCCCCC. The number of likely N-dealkylation sites (N-methyl/N-ethyl adjacent to an activating group) is 1. The zero-order chi connectivity index (χ0) is 34.9. The highest BCUT2D eigenvalue weighted by Gasteiger charge is 2.20. The smallest absolute Gasteiger partial charge is 0.306 e. The van der Waals surface area contributed by atoms with Crippen molar-refractivity contribution in [2.24, 2.45) is 0 Å². The van der Waals surface area contributed by atoms with E-state index in [1.807, 2.05) is 27.2 Å². The second kappa shape index (κ2) is 32.3. The van der Waals surface area contributed by atoms with Crippen molar-refractivity contribution < 1.29 is 37.3 Å². The van der Waals surface area contributed by atoms with Crippen LogP contribution in [0.15, 0.2) is 12.3 Å². The maximum absolute atomic E-state index is 12.5. The minimum atomic E-state index is -4.52. The highest BCUT2D eigenvalue weighted by Crippen LogP contribution is 2.38. The molecule has 280 valence electrons. The number of rotatable bonds is 36. The van der Waals surface area contributed by atoms with Crippen LogP contribution in [0.25, 0.3) is 0 Å². The topological polar surface area (TPSA) is 94.1 Å². The van der Waals surface area contributed by atoms with Crippen molar-refractivity contribution >= 4 is 13.8 Å². The van der Waals surface area contributed by atoms with Gasteiger partial charge in [-0.15, -0.1) is 0 Å². The van der Waals surface area contributed by atoms with E-state index in [9.17, 15) is 14.3 Å². The van der Waals surface area contributed by atoms with Gasteiger partial charge in [0.2, 0.25) is 0 Å². The number of nitrogens with zero attached hydrogens (tertiary/aromatic N) is 1. The Kier molecular flexibility index (Phi) is 31.7. The lowest BCUT2D eigenvalue weighted by molar-refractivity contribution is -0.870. The Hall–Kier alpha value is -0.920. The number of carbonyl (C=O) groups is 1. The van der Waals surface area contributed by atoms with Gasteiger partial charge >= 0.3 is 5.97 Å². The first-order valence-electron chi connectivity index (χ1n) is 19.5.